The van der Waals surface area contributed by atoms with Crippen LogP contribution in [-0.2, 0) is 16.9 Å². The molecule has 2 heterocycles. The Morgan fingerprint density at radius 3 is 2.47 bits per heavy atom. The first kappa shape index (κ1) is 24.0. The van der Waals surface area contributed by atoms with E-state index in [1.807, 2.05) is 52.0 Å². The average molecular weight is 457 g/mol. The number of aliphatic hydroxyl groups is 1. The Labute approximate surface area is 192 Å². The fourth-order valence-corrected chi connectivity index (χ4v) is 4.12. The van der Waals surface area contributed by atoms with Gasteiger partial charge in [0.1, 0.15) is 10.8 Å². The summed E-state index contributed by atoms with van der Waals surface area (Å²) in [4.78, 5) is 28.8. The van der Waals surface area contributed by atoms with Crippen molar-refractivity contribution in [2.24, 2.45) is 5.41 Å². The SMILES string of the molecule is Cc1c(Cn2ccc(C(O)(CCC(C)(C)C)CC(=O)O)cc2=O)c(Cl)nc2ccccc12. The summed E-state index contributed by atoms with van der Waals surface area (Å²) in [7, 11) is 0. The summed E-state index contributed by atoms with van der Waals surface area (Å²) in [6, 6.07) is 10.6. The zero-order valence-corrected chi connectivity index (χ0v) is 19.6. The molecule has 3 rings (SSSR count). The number of hydrogen-bond donors (Lipinski definition) is 2. The van der Waals surface area contributed by atoms with Crippen molar-refractivity contribution in [3.63, 3.8) is 0 Å². The third-order valence-electron chi connectivity index (χ3n) is 5.82. The minimum absolute atomic E-state index is 0.0845. The fraction of sp³-hybridized carbons (Fsp3) is 0.400. The number of para-hydroxylation sites is 1. The van der Waals surface area contributed by atoms with Gasteiger partial charge in [-0.15, -0.1) is 0 Å². The van der Waals surface area contributed by atoms with Gasteiger partial charge in [0.15, 0.2) is 0 Å². The molecule has 2 aromatic heterocycles. The lowest BCUT2D eigenvalue weighted by Crippen LogP contribution is -2.33. The maximum Gasteiger partial charge on any atom is 0.306 e. The molecule has 0 aliphatic heterocycles. The Morgan fingerprint density at radius 1 is 1.16 bits per heavy atom. The highest BCUT2D eigenvalue weighted by Gasteiger charge is 2.34. The summed E-state index contributed by atoms with van der Waals surface area (Å²) in [5, 5.41) is 21.8. The van der Waals surface area contributed by atoms with Gasteiger partial charge in [0.2, 0.25) is 0 Å². The lowest BCUT2D eigenvalue weighted by atomic mass is 9.80. The molecule has 0 fully saturated rings. The van der Waals surface area contributed by atoms with Gasteiger partial charge in [-0.25, -0.2) is 4.98 Å². The number of pyridine rings is 2. The number of nitrogens with zero attached hydrogens (tertiary/aromatic N) is 2. The van der Waals surface area contributed by atoms with Crippen LogP contribution in [0, 0.1) is 12.3 Å². The monoisotopic (exact) mass is 456 g/mol. The number of carboxylic acids is 1. The smallest absolute Gasteiger partial charge is 0.306 e. The van der Waals surface area contributed by atoms with E-state index in [0.29, 0.717) is 17.1 Å². The van der Waals surface area contributed by atoms with Crippen molar-refractivity contribution in [3.05, 3.63) is 74.8 Å². The number of aryl methyl sites for hydroxylation is 1. The van der Waals surface area contributed by atoms with Gasteiger partial charge in [-0.05, 0) is 48.4 Å². The van der Waals surface area contributed by atoms with E-state index in [2.05, 4.69) is 4.98 Å². The highest BCUT2D eigenvalue weighted by Crippen LogP contribution is 2.34. The summed E-state index contributed by atoms with van der Waals surface area (Å²) >= 11 is 6.42. The average Bonchev–Trinajstić information content (AvgIpc) is 2.69. The molecule has 170 valence electrons. The lowest BCUT2D eigenvalue weighted by Gasteiger charge is -2.30. The highest BCUT2D eigenvalue weighted by atomic mass is 35.5. The second-order valence-corrected chi connectivity index (χ2v) is 9.93. The Morgan fingerprint density at radius 2 is 1.84 bits per heavy atom. The molecule has 0 aliphatic rings. The summed E-state index contributed by atoms with van der Waals surface area (Å²) in [5.74, 6) is -1.12. The second kappa shape index (κ2) is 9.04. The highest BCUT2D eigenvalue weighted by molar-refractivity contribution is 6.30. The van der Waals surface area contributed by atoms with Crippen molar-refractivity contribution < 1.29 is 15.0 Å². The Bertz CT molecular complexity index is 1210. The number of halogens is 1. The number of aliphatic carboxylic acids is 1. The largest absolute Gasteiger partial charge is 0.481 e. The van der Waals surface area contributed by atoms with Gasteiger partial charge in [-0.1, -0.05) is 50.6 Å². The molecule has 1 aromatic carbocycles. The van der Waals surface area contributed by atoms with Gasteiger partial charge in [-0.2, -0.15) is 0 Å². The molecule has 32 heavy (non-hydrogen) atoms. The Kier molecular flexibility index (Phi) is 6.77. The molecule has 0 aliphatic carbocycles. The number of aromatic nitrogens is 2. The van der Waals surface area contributed by atoms with E-state index in [0.717, 1.165) is 22.0 Å². The van der Waals surface area contributed by atoms with E-state index in [9.17, 15) is 19.8 Å². The first-order valence-electron chi connectivity index (χ1n) is 10.6. The molecule has 1 atom stereocenters. The number of benzene rings is 1. The summed E-state index contributed by atoms with van der Waals surface area (Å²) < 4.78 is 1.49. The minimum Gasteiger partial charge on any atom is -0.481 e. The van der Waals surface area contributed by atoms with Gasteiger partial charge < -0.3 is 14.8 Å². The van der Waals surface area contributed by atoms with Crippen molar-refractivity contribution in [1.29, 1.82) is 0 Å². The minimum atomic E-state index is -1.62. The van der Waals surface area contributed by atoms with Crippen LogP contribution < -0.4 is 5.56 Å². The summed E-state index contributed by atoms with van der Waals surface area (Å²) in [6.45, 7) is 8.24. The van der Waals surface area contributed by atoms with Gasteiger partial charge in [-0.3, -0.25) is 9.59 Å². The zero-order valence-electron chi connectivity index (χ0n) is 18.9. The Balaban J connectivity index is 1.96. The van der Waals surface area contributed by atoms with Crippen molar-refractivity contribution in [3.8, 4) is 0 Å². The van der Waals surface area contributed by atoms with Crippen LogP contribution in [0.2, 0.25) is 5.15 Å². The molecular weight excluding hydrogens is 428 g/mol. The molecule has 3 aromatic rings. The first-order chi connectivity index (χ1) is 14.9. The predicted molar refractivity (Wildman–Crippen MR) is 126 cm³/mol. The molecule has 7 heteroatoms. The topological polar surface area (TPSA) is 92.4 Å². The molecule has 1 unspecified atom stereocenters. The van der Waals surface area contributed by atoms with Crippen LogP contribution in [0.4, 0.5) is 0 Å². The van der Waals surface area contributed by atoms with Crippen LogP contribution in [0.3, 0.4) is 0 Å². The molecule has 0 bridgehead atoms. The van der Waals surface area contributed by atoms with Crippen LogP contribution in [-0.4, -0.2) is 25.7 Å². The van der Waals surface area contributed by atoms with Crippen molar-refractivity contribution in [1.82, 2.24) is 9.55 Å². The van der Waals surface area contributed by atoms with Gasteiger partial charge in [0.25, 0.3) is 5.56 Å². The zero-order chi connectivity index (χ0) is 23.7. The number of carboxylic acid groups (broad SMARTS) is 1. The quantitative estimate of drug-likeness (QED) is 0.493. The maximum absolute atomic E-state index is 12.9. The summed E-state index contributed by atoms with van der Waals surface area (Å²) in [6.07, 6.45) is 1.96. The van der Waals surface area contributed by atoms with Gasteiger partial charge in [0, 0.05) is 23.2 Å². The standard InChI is InChI=1S/C25H29ClN2O4/c1-16-18-7-5-6-8-20(18)27-23(26)19(16)15-28-12-9-17(13-21(28)29)25(32,14-22(30)31)11-10-24(2,3)4/h5-9,12-13,32H,10-11,14-15H2,1-4H3,(H,30,31). The van der Waals surface area contributed by atoms with Crippen LogP contribution in [0.15, 0.2) is 47.4 Å². The van der Waals surface area contributed by atoms with E-state index >= 15 is 0 Å². The summed E-state index contributed by atoms with van der Waals surface area (Å²) in [5.41, 5.74) is 0.751. The van der Waals surface area contributed by atoms with Crippen molar-refractivity contribution in [2.45, 2.75) is 59.1 Å². The molecule has 0 saturated carbocycles. The van der Waals surface area contributed by atoms with Crippen molar-refractivity contribution in [2.75, 3.05) is 0 Å². The predicted octanol–water partition coefficient (Wildman–Crippen LogP) is 4.90. The molecule has 0 spiro atoms. The van der Waals surface area contributed by atoms with Crippen LogP contribution >= 0.6 is 11.6 Å². The number of hydrogen-bond acceptors (Lipinski definition) is 4. The van der Waals surface area contributed by atoms with Crippen molar-refractivity contribution >= 4 is 28.5 Å². The van der Waals surface area contributed by atoms with Gasteiger partial charge in [0.05, 0.1) is 18.5 Å². The number of rotatable bonds is 7. The van der Waals surface area contributed by atoms with E-state index in [4.69, 9.17) is 11.6 Å². The van der Waals surface area contributed by atoms with E-state index in [1.54, 1.807) is 12.3 Å². The normalized spacial score (nSPS) is 13.8. The first-order valence-corrected chi connectivity index (χ1v) is 11.0. The molecular formula is C25H29ClN2O4. The van der Waals surface area contributed by atoms with E-state index in [1.165, 1.54) is 10.6 Å². The lowest BCUT2D eigenvalue weighted by molar-refractivity contribution is -0.143. The fourth-order valence-electron chi connectivity index (χ4n) is 3.83. The Hall–Kier alpha value is -2.70. The molecule has 6 nitrogen and oxygen atoms in total. The molecule has 0 radical (unpaired) electrons. The number of fused-ring (bicyclic) bond motifs is 1. The third kappa shape index (κ3) is 5.37. The third-order valence-corrected chi connectivity index (χ3v) is 6.14. The number of carbonyl (C=O) groups is 1. The second-order valence-electron chi connectivity index (χ2n) is 9.57. The molecule has 0 saturated heterocycles. The van der Waals surface area contributed by atoms with Crippen LogP contribution in [0.5, 0.6) is 0 Å². The van der Waals surface area contributed by atoms with Crippen LogP contribution in [0.25, 0.3) is 10.9 Å². The van der Waals surface area contributed by atoms with Crippen LogP contribution in [0.1, 0.15) is 56.7 Å². The van der Waals surface area contributed by atoms with Gasteiger partial charge >= 0.3 is 5.97 Å². The maximum atomic E-state index is 12.9. The molecule has 2 N–H and O–H groups in total. The van der Waals surface area contributed by atoms with E-state index < -0.39 is 18.0 Å². The molecule has 0 amide bonds. The van der Waals surface area contributed by atoms with E-state index in [-0.39, 0.29) is 23.9 Å².